The van der Waals surface area contributed by atoms with Gasteiger partial charge in [0.25, 0.3) is 5.91 Å². The van der Waals surface area contributed by atoms with Crippen molar-refractivity contribution in [3.8, 4) is 5.75 Å². The van der Waals surface area contributed by atoms with Crippen molar-refractivity contribution in [3.63, 3.8) is 0 Å². The summed E-state index contributed by atoms with van der Waals surface area (Å²) in [7, 11) is -2.38. The van der Waals surface area contributed by atoms with Gasteiger partial charge in [-0.25, -0.2) is 8.42 Å². The third kappa shape index (κ3) is 5.93. The highest BCUT2D eigenvalue weighted by Crippen LogP contribution is 2.37. The Morgan fingerprint density at radius 1 is 1.24 bits per heavy atom. The number of nitrogens with zero attached hydrogens (tertiary/aromatic N) is 2. The van der Waals surface area contributed by atoms with E-state index in [1.54, 1.807) is 30.0 Å². The smallest absolute Gasteiger partial charge is 0.258 e. The molecular formula is C26H32ClN3O6S. The summed E-state index contributed by atoms with van der Waals surface area (Å²) in [5.74, 6) is -0.631. The molecule has 2 aromatic rings. The summed E-state index contributed by atoms with van der Waals surface area (Å²) < 4.78 is 34.1. The number of benzene rings is 2. The number of rotatable bonds is 8. The molecule has 1 fully saturated rings. The van der Waals surface area contributed by atoms with Crippen LogP contribution in [0.5, 0.6) is 5.75 Å². The number of likely N-dealkylation sites (N-methyl/N-ethyl adjacent to an activating group) is 1. The topological polar surface area (TPSA) is 116 Å². The molecule has 0 radical (unpaired) electrons. The fraction of sp³-hybridized carbons (Fsp3) is 0.462. The van der Waals surface area contributed by atoms with Crippen LogP contribution in [0.3, 0.4) is 0 Å². The van der Waals surface area contributed by atoms with Gasteiger partial charge in [-0.15, -0.1) is 0 Å². The van der Waals surface area contributed by atoms with Gasteiger partial charge in [-0.05, 0) is 56.2 Å². The van der Waals surface area contributed by atoms with Gasteiger partial charge in [-0.2, -0.15) is 4.31 Å². The lowest BCUT2D eigenvalue weighted by Gasteiger charge is -2.38. The van der Waals surface area contributed by atoms with Crippen molar-refractivity contribution < 1.29 is 27.9 Å². The second-order valence-corrected chi connectivity index (χ2v) is 12.3. The number of ether oxygens (including phenoxy) is 1. The van der Waals surface area contributed by atoms with E-state index in [0.29, 0.717) is 10.7 Å². The number of carbonyl (C=O) groups excluding carboxylic acids is 2. The molecule has 2 amide bonds. The Morgan fingerprint density at radius 2 is 1.92 bits per heavy atom. The monoisotopic (exact) mass is 549 g/mol. The first-order valence-corrected chi connectivity index (χ1v) is 14.1. The van der Waals surface area contributed by atoms with E-state index in [9.17, 15) is 23.1 Å². The fourth-order valence-electron chi connectivity index (χ4n) is 4.28. The van der Waals surface area contributed by atoms with Gasteiger partial charge in [-0.1, -0.05) is 24.6 Å². The number of hydrogen-bond donors (Lipinski definition) is 2. The van der Waals surface area contributed by atoms with Gasteiger partial charge < -0.3 is 20.1 Å². The average Bonchev–Trinajstić information content (AvgIpc) is 3.72. The highest BCUT2D eigenvalue weighted by molar-refractivity contribution is 7.89. The lowest BCUT2D eigenvalue weighted by Crippen LogP contribution is -2.50. The third-order valence-electron chi connectivity index (χ3n) is 6.86. The van der Waals surface area contributed by atoms with Crippen molar-refractivity contribution in [3.05, 3.63) is 53.1 Å². The molecule has 4 rings (SSSR count). The maximum atomic E-state index is 13.5. The summed E-state index contributed by atoms with van der Waals surface area (Å²) in [5.41, 5.74) is 0.607. The number of halogens is 1. The van der Waals surface area contributed by atoms with E-state index in [2.05, 4.69) is 5.32 Å². The SMILES string of the molecule is C[C@H](CO)N1C[C@H](C)[C@H](CN(C)S(=O)(=O)c2ccc(Cl)cc2)Oc2c(NC(=O)C3CC3)cccc2C1=O. The van der Waals surface area contributed by atoms with E-state index in [1.807, 2.05) is 6.92 Å². The number of amides is 2. The van der Waals surface area contributed by atoms with Crippen molar-refractivity contribution in [2.75, 3.05) is 32.1 Å². The van der Waals surface area contributed by atoms with Crippen LogP contribution in [0, 0.1) is 11.8 Å². The maximum absolute atomic E-state index is 13.5. The summed E-state index contributed by atoms with van der Waals surface area (Å²) in [6, 6.07) is 10.4. The van der Waals surface area contributed by atoms with E-state index in [1.165, 1.54) is 35.6 Å². The number of sulfonamides is 1. The van der Waals surface area contributed by atoms with E-state index in [4.69, 9.17) is 16.3 Å². The number of fused-ring (bicyclic) bond motifs is 1. The molecule has 0 saturated heterocycles. The Kier molecular flexibility index (Phi) is 8.13. The summed E-state index contributed by atoms with van der Waals surface area (Å²) in [6.45, 7) is 3.62. The Labute approximate surface area is 222 Å². The highest BCUT2D eigenvalue weighted by atomic mass is 35.5. The third-order valence-corrected chi connectivity index (χ3v) is 8.95. The minimum atomic E-state index is -3.85. The number of carbonyl (C=O) groups is 2. The van der Waals surface area contributed by atoms with Gasteiger partial charge in [0, 0.05) is 30.5 Å². The van der Waals surface area contributed by atoms with Gasteiger partial charge in [-0.3, -0.25) is 9.59 Å². The number of nitrogens with one attached hydrogen (secondary N) is 1. The van der Waals surface area contributed by atoms with Crippen molar-refractivity contribution >= 4 is 39.1 Å². The van der Waals surface area contributed by atoms with E-state index in [-0.39, 0.29) is 59.6 Å². The van der Waals surface area contributed by atoms with Crippen LogP contribution in [0.2, 0.25) is 5.02 Å². The van der Waals surface area contributed by atoms with Crippen LogP contribution < -0.4 is 10.1 Å². The van der Waals surface area contributed by atoms with Gasteiger partial charge in [0.2, 0.25) is 15.9 Å². The molecule has 2 aliphatic rings. The molecular weight excluding hydrogens is 518 g/mol. The molecule has 9 nitrogen and oxygen atoms in total. The zero-order valence-corrected chi connectivity index (χ0v) is 22.6. The van der Waals surface area contributed by atoms with Crippen LogP contribution in [0.15, 0.2) is 47.4 Å². The van der Waals surface area contributed by atoms with Crippen LogP contribution in [0.4, 0.5) is 5.69 Å². The van der Waals surface area contributed by atoms with E-state index in [0.717, 1.165) is 12.8 Å². The number of anilines is 1. The van der Waals surface area contributed by atoms with Gasteiger partial charge in [0.15, 0.2) is 5.75 Å². The van der Waals surface area contributed by atoms with Crippen LogP contribution >= 0.6 is 11.6 Å². The predicted molar refractivity (Wildman–Crippen MR) is 140 cm³/mol. The number of hydrogen-bond acceptors (Lipinski definition) is 6. The summed E-state index contributed by atoms with van der Waals surface area (Å²) >= 11 is 5.93. The first-order valence-electron chi connectivity index (χ1n) is 12.3. The molecule has 1 aliphatic heterocycles. The largest absolute Gasteiger partial charge is 0.486 e. The molecule has 200 valence electrons. The second-order valence-electron chi connectivity index (χ2n) is 9.81. The molecule has 37 heavy (non-hydrogen) atoms. The number of para-hydroxylation sites is 1. The van der Waals surface area contributed by atoms with Crippen molar-refractivity contribution in [1.29, 1.82) is 0 Å². The lowest BCUT2D eigenvalue weighted by atomic mass is 9.99. The zero-order chi connectivity index (χ0) is 26.9. The van der Waals surface area contributed by atoms with E-state index < -0.39 is 22.2 Å². The molecule has 1 heterocycles. The summed E-state index contributed by atoms with van der Waals surface area (Å²) in [6.07, 6.45) is 0.969. The molecule has 2 aromatic carbocycles. The van der Waals surface area contributed by atoms with E-state index >= 15 is 0 Å². The molecule has 3 atom stereocenters. The minimum absolute atomic E-state index is 0.00793. The molecule has 0 unspecified atom stereocenters. The van der Waals surface area contributed by atoms with Crippen LogP contribution in [-0.2, 0) is 14.8 Å². The highest BCUT2D eigenvalue weighted by Gasteiger charge is 2.37. The molecule has 0 aromatic heterocycles. The summed E-state index contributed by atoms with van der Waals surface area (Å²) in [5, 5.41) is 13.1. The Bertz CT molecular complexity index is 1270. The van der Waals surface area contributed by atoms with Crippen LogP contribution in [0.25, 0.3) is 0 Å². The Balaban J connectivity index is 1.70. The van der Waals surface area contributed by atoms with Gasteiger partial charge >= 0.3 is 0 Å². The average molecular weight is 550 g/mol. The first-order chi connectivity index (χ1) is 17.5. The quantitative estimate of drug-likeness (QED) is 0.522. The normalized spacial score (nSPS) is 21.0. The fourth-order valence-corrected chi connectivity index (χ4v) is 5.59. The molecule has 1 saturated carbocycles. The molecule has 2 N–H and O–H groups in total. The second kappa shape index (κ2) is 11.0. The van der Waals surface area contributed by atoms with Crippen molar-refractivity contribution in [2.24, 2.45) is 11.8 Å². The van der Waals surface area contributed by atoms with Gasteiger partial charge in [0.05, 0.1) is 35.3 Å². The van der Waals surface area contributed by atoms with Gasteiger partial charge in [0.1, 0.15) is 6.10 Å². The zero-order valence-electron chi connectivity index (χ0n) is 21.1. The Hall–Kier alpha value is -2.66. The number of aliphatic hydroxyl groups is 1. The molecule has 0 bridgehead atoms. The van der Waals surface area contributed by atoms with Crippen LogP contribution in [0.1, 0.15) is 37.0 Å². The number of aliphatic hydroxyl groups excluding tert-OH is 1. The maximum Gasteiger partial charge on any atom is 0.258 e. The van der Waals surface area contributed by atoms with Crippen molar-refractivity contribution in [2.45, 2.75) is 43.7 Å². The molecule has 11 heteroatoms. The molecule has 0 spiro atoms. The minimum Gasteiger partial charge on any atom is -0.486 e. The lowest BCUT2D eigenvalue weighted by molar-refractivity contribution is -0.117. The predicted octanol–water partition coefficient (Wildman–Crippen LogP) is 3.23. The summed E-state index contributed by atoms with van der Waals surface area (Å²) in [4.78, 5) is 27.8. The standard InChI is InChI=1S/C26H32ClN3O6S/c1-16-13-30(17(2)15-31)26(33)21-5-4-6-22(28-25(32)18-7-8-18)24(21)36-23(16)14-29(3)37(34,35)20-11-9-19(27)10-12-20/h4-6,9-12,16-18,23,31H,7-8,13-15H2,1-3H3,(H,28,32)/t16-,17+,23-/m0/s1. The van der Waals surface area contributed by atoms with Crippen molar-refractivity contribution in [1.82, 2.24) is 9.21 Å². The molecule has 1 aliphatic carbocycles. The Morgan fingerprint density at radius 3 is 2.54 bits per heavy atom. The first kappa shape index (κ1) is 27.4. The van der Waals surface area contributed by atoms with Crippen LogP contribution in [-0.4, -0.2) is 73.4 Å².